The van der Waals surface area contributed by atoms with Crippen molar-refractivity contribution in [1.82, 2.24) is 14.9 Å². The predicted octanol–water partition coefficient (Wildman–Crippen LogP) is 2.33. The Balaban J connectivity index is 1.95. The summed E-state index contributed by atoms with van der Waals surface area (Å²) in [6.07, 6.45) is 4.96. The lowest BCUT2D eigenvalue weighted by atomic mass is 10.1. The Morgan fingerprint density at radius 2 is 2.20 bits per heavy atom. The van der Waals surface area contributed by atoms with Crippen molar-refractivity contribution in [2.24, 2.45) is 0 Å². The third-order valence-corrected chi connectivity index (χ3v) is 3.49. The van der Waals surface area contributed by atoms with Crippen LogP contribution in [0.25, 0.3) is 0 Å². The van der Waals surface area contributed by atoms with Crippen molar-refractivity contribution < 1.29 is 9.47 Å². The van der Waals surface area contributed by atoms with Crippen LogP contribution in [0.3, 0.4) is 0 Å². The Morgan fingerprint density at radius 3 is 3.00 bits per heavy atom. The largest absolute Gasteiger partial charge is 0.454 e. The maximum Gasteiger partial charge on any atom is 0.231 e. The summed E-state index contributed by atoms with van der Waals surface area (Å²) in [6.45, 7) is 3.43. The highest BCUT2D eigenvalue weighted by molar-refractivity contribution is 5.46. The van der Waals surface area contributed by atoms with Crippen LogP contribution in [0.2, 0.25) is 0 Å². The number of rotatable bonds is 5. The minimum absolute atomic E-state index is 0.0473. The molecule has 20 heavy (non-hydrogen) atoms. The van der Waals surface area contributed by atoms with Crippen molar-refractivity contribution >= 4 is 0 Å². The topological polar surface area (TPSA) is 48.3 Å². The summed E-state index contributed by atoms with van der Waals surface area (Å²) in [6, 6.07) is 6.08. The Kier molecular flexibility index (Phi) is 3.60. The Bertz CT molecular complexity index is 595. The van der Waals surface area contributed by atoms with Gasteiger partial charge in [0.15, 0.2) is 11.5 Å². The molecular weight excluding hydrogens is 254 g/mol. The average Bonchev–Trinajstić information content (AvgIpc) is 3.09. The number of hydrogen-bond acceptors (Lipinski definition) is 4. The fraction of sp³-hybridized carbons (Fsp3) is 0.400. The third kappa shape index (κ3) is 2.25. The lowest BCUT2D eigenvalue weighted by Gasteiger charge is -2.18. The van der Waals surface area contributed by atoms with Gasteiger partial charge in [-0.3, -0.25) is 0 Å². The second kappa shape index (κ2) is 5.54. The number of aryl methyl sites for hydroxylation is 1. The van der Waals surface area contributed by atoms with Gasteiger partial charge >= 0.3 is 0 Å². The molecule has 106 valence electrons. The molecule has 3 rings (SSSR count). The van der Waals surface area contributed by atoms with Gasteiger partial charge in [0.2, 0.25) is 6.79 Å². The van der Waals surface area contributed by atoms with E-state index in [2.05, 4.69) is 27.9 Å². The highest BCUT2D eigenvalue weighted by Crippen LogP contribution is 2.35. The molecular formula is C15H19N3O2. The van der Waals surface area contributed by atoms with Gasteiger partial charge < -0.3 is 19.4 Å². The van der Waals surface area contributed by atoms with E-state index in [0.717, 1.165) is 35.9 Å². The molecule has 1 aliphatic rings. The number of aromatic nitrogens is 2. The lowest BCUT2D eigenvalue weighted by Crippen LogP contribution is -2.22. The SMILES string of the molecule is CCCn1ccnc1C(NC)c1ccc2c(c1)OCO2. The van der Waals surface area contributed by atoms with Gasteiger partial charge in [-0.2, -0.15) is 0 Å². The Morgan fingerprint density at radius 1 is 1.35 bits per heavy atom. The molecule has 0 saturated heterocycles. The van der Waals surface area contributed by atoms with E-state index in [4.69, 9.17) is 9.47 Å². The number of nitrogens with zero attached hydrogens (tertiary/aromatic N) is 2. The monoisotopic (exact) mass is 273 g/mol. The van der Waals surface area contributed by atoms with Crippen LogP contribution in [0.4, 0.5) is 0 Å². The fourth-order valence-electron chi connectivity index (χ4n) is 2.55. The van der Waals surface area contributed by atoms with Gasteiger partial charge in [-0.25, -0.2) is 4.98 Å². The summed E-state index contributed by atoms with van der Waals surface area (Å²) in [5.74, 6) is 2.63. The Labute approximate surface area is 118 Å². The van der Waals surface area contributed by atoms with E-state index in [1.54, 1.807) is 0 Å². The maximum absolute atomic E-state index is 5.45. The Hall–Kier alpha value is -2.01. The highest BCUT2D eigenvalue weighted by Gasteiger charge is 2.21. The van der Waals surface area contributed by atoms with Crippen LogP contribution in [0.15, 0.2) is 30.6 Å². The minimum atomic E-state index is 0.0473. The zero-order valence-corrected chi connectivity index (χ0v) is 11.8. The van der Waals surface area contributed by atoms with E-state index >= 15 is 0 Å². The molecule has 5 heteroatoms. The van der Waals surface area contributed by atoms with E-state index < -0.39 is 0 Å². The van der Waals surface area contributed by atoms with Gasteiger partial charge in [-0.05, 0) is 31.2 Å². The van der Waals surface area contributed by atoms with Crippen molar-refractivity contribution in [3.63, 3.8) is 0 Å². The van der Waals surface area contributed by atoms with Gasteiger partial charge in [0.25, 0.3) is 0 Å². The van der Waals surface area contributed by atoms with Gasteiger partial charge in [0.1, 0.15) is 5.82 Å². The van der Waals surface area contributed by atoms with Crippen LogP contribution in [0, 0.1) is 0 Å². The summed E-state index contributed by atoms with van der Waals surface area (Å²) in [5, 5.41) is 3.33. The average molecular weight is 273 g/mol. The molecule has 0 spiro atoms. The van der Waals surface area contributed by atoms with Crippen LogP contribution in [-0.2, 0) is 6.54 Å². The van der Waals surface area contributed by atoms with Crippen molar-refractivity contribution in [2.75, 3.05) is 13.8 Å². The molecule has 2 aromatic rings. The zero-order valence-electron chi connectivity index (χ0n) is 11.8. The summed E-state index contributed by atoms with van der Waals surface area (Å²) in [4.78, 5) is 4.50. The molecule has 0 saturated carbocycles. The molecule has 1 unspecified atom stereocenters. The van der Waals surface area contributed by atoms with E-state index in [1.807, 2.05) is 31.6 Å². The van der Waals surface area contributed by atoms with Crippen LogP contribution >= 0.6 is 0 Å². The molecule has 1 N–H and O–H groups in total. The zero-order chi connectivity index (χ0) is 13.9. The van der Waals surface area contributed by atoms with Crippen LogP contribution in [0.5, 0.6) is 11.5 Å². The van der Waals surface area contributed by atoms with E-state index in [0.29, 0.717) is 6.79 Å². The van der Waals surface area contributed by atoms with Crippen molar-refractivity contribution in [2.45, 2.75) is 25.9 Å². The third-order valence-electron chi connectivity index (χ3n) is 3.49. The molecule has 1 aliphatic heterocycles. The molecule has 0 radical (unpaired) electrons. The number of imidazole rings is 1. The molecule has 0 aliphatic carbocycles. The molecule has 1 aromatic heterocycles. The van der Waals surface area contributed by atoms with E-state index in [9.17, 15) is 0 Å². The molecule has 0 bridgehead atoms. The number of benzene rings is 1. The van der Waals surface area contributed by atoms with Crippen LogP contribution < -0.4 is 14.8 Å². The smallest absolute Gasteiger partial charge is 0.231 e. The minimum Gasteiger partial charge on any atom is -0.454 e. The first-order valence-corrected chi connectivity index (χ1v) is 6.91. The number of nitrogens with one attached hydrogen (secondary N) is 1. The first kappa shape index (κ1) is 13.0. The molecule has 0 amide bonds. The summed E-state index contributed by atoms with van der Waals surface area (Å²) >= 11 is 0. The second-order valence-electron chi connectivity index (χ2n) is 4.81. The molecule has 1 aromatic carbocycles. The number of fused-ring (bicyclic) bond motifs is 1. The van der Waals surface area contributed by atoms with Crippen LogP contribution in [-0.4, -0.2) is 23.4 Å². The lowest BCUT2D eigenvalue weighted by molar-refractivity contribution is 0.174. The summed E-state index contributed by atoms with van der Waals surface area (Å²) in [7, 11) is 1.94. The fourth-order valence-corrected chi connectivity index (χ4v) is 2.55. The normalized spacial score (nSPS) is 14.5. The molecule has 1 atom stereocenters. The van der Waals surface area contributed by atoms with Crippen molar-refractivity contribution in [3.05, 3.63) is 42.0 Å². The second-order valence-corrected chi connectivity index (χ2v) is 4.81. The quantitative estimate of drug-likeness (QED) is 0.908. The van der Waals surface area contributed by atoms with Crippen LogP contribution in [0.1, 0.15) is 30.8 Å². The van der Waals surface area contributed by atoms with Crippen molar-refractivity contribution in [3.8, 4) is 11.5 Å². The highest BCUT2D eigenvalue weighted by atomic mass is 16.7. The maximum atomic E-state index is 5.45. The molecule has 5 nitrogen and oxygen atoms in total. The van der Waals surface area contributed by atoms with Gasteiger partial charge in [0, 0.05) is 18.9 Å². The van der Waals surface area contributed by atoms with E-state index in [-0.39, 0.29) is 6.04 Å². The molecule has 2 heterocycles. The predicted molar refractivity (Wildman–Crippen MR) is 76.0 cm³/mol. The van der Waals surface area contributed by atoms with Gasteiger partial charge in [0.05, 0.1) is 6.04 Å². The summed E-state index contributed by atoms with van der Waals surface area (Å²) in [5.41, 5.74) is 1.13. The number of hydrogen-bond donors (Lipinski definition) is 1. The first-order valence-electron chi connectivity index (χ1n) is 6.91. The van der Waals surface area contributed by atoms with Crippen molar-refractivity contribution in [1.29, 1.82) is 0 Å². The number of ether oxygens (including phenoxy) is 2. The van der Waals surface area contributed by atoms with Gasteiger partial charge in [-0.1, -0.05) is 13.0 Å². The van der Waals surface area contributed by atoms with Gasteiger partial charge in [-0.15, -0.1) is 0 Å². The van der Waals surface area contributed by atoms with E-state index in [1.165, 1.54) is 0 Å². The summed E-state index contributed by atoms with van der Waals surface area (Å²) < 4.78 is 13.0. The standard InChI is InChI=1S/C15H19N3O2/c1-3-7-18-8-6-17-15(18)14(16-2)11-4-5-12-13(9-11)20-10-19-12/h4-6,8-9,14,16H,3,7,10H2,1-2H3. The first-order chi connectivity index (χ1) is 9.83. The molecule has 0 fully saturated rings.